The molecule has 0 aliphatic rings. The SMILES string of the molecule is COc1ccc(C(=O)c2cc(F)c(F)cc2F)c(OC)c1. The van der Waals surface area contributed by atoms with E-state index in [1.54, 1.807) is 0 Å². The Balaban J connectivity index is 2.52. The van der Waals surface area contributed by atoms with Gasteiger partial charge in [0.1, 0.15) is 17.3 Å². The molecule has 0 amide bonds. The Hall–Kier alpha value is -2.50. The summed E-state index contributed by atoms with van der Waals surface area (Å²) in [5, 5.41) is 0. The summed E-state index contributed by atoms with van der Waals surface area (Å²) >= 11 is 0. The van der Waals surface area contributed by atoms with Crippen molar-refractivity contribution in [3.05, 3.63) is 58.9 Å². The first-order chi connectivity index (χ1) is 9.97. The van der Waals surface area contributed by atoms with E-state index in [-0.39, 0.29) is 11.3 Å². The van der Waals surface area contributed by atoms with Crippen molar-refractivity contribution in [1.29, 1.82) is 0 Å². The predicted molar refractivity (Wildman–Crippen MR) is 69.3 cm³/mol. The Bertz CT molecular complexity index is 699. The zero-order valence-electron chi connectivity index (χ0n) is 11.2. The topological polar surface area (TPSA) is 35.5 Å². The third kappa shape index (κ3) is 2.84. The lowest BCUT2D eigenvalue weighted by Crippen LogP contribution is -2.08. The summed E-state index contributed by atoms with van der Waals surface area (Å²) in [5.41, 5.74) is -0.555. The summed E-state index contributed by atoms with van der Waals surface area (Å²) in [6.07, 6.45) is 0. The van der Waals surface area contributed by atoms with Crippen LogP contribution in [-0.2, 0) is 0 Å². The van der Waals surface area contributed by atoms with Crippen LogP contribution in [0, 0.1) is 17.5 Å². The Labute approximate surface area is 118 Å². The quantitative estimate of drug-likeness (QED) is 0.641. The van der Waals surface area contributed by atoms with E-state index in [2.05, 4.69) is 0 Å². The Morgan fingerprint density at radius 2 is 1.52 bits per heavy atom. The smallest absolute Gasteiger partial charge is 0.199 e. The zero-order chi connectivity index (χ0) is 15.6. The normalized spacial score (nSPS) is 10.3. The van der Waals surface area contributed by atoms with E-state index in [0.29, 0.717) is 17.9 Å². The molecule has 0 radical (unpaired) electrons. The van der Waals surface area contributed by atoms with E-state index in [1.807, 2.05) is 0 Å². The maximum absolute atomic E-state index is 13.7. The van der Waals surface area contributed by atoms with Gasteiger partial charge >= 0.3 is 0 Å². The van der Waals surface area contributed by atoms with Crippen molar-refractivity contribution in [2.24, 2.45) is 0 Å². The van der Waals surface area contributed by atoms with Crippen LogP contribution in [0.4, 0.5) is 13.2 Å². The fourth-order valence-corrected chi connectivity index (χ4v) is 1.83. The third-order valence-corrected chi connectivity index (χ3v) is 2.91. The number of carbonyl (C=O) groups excluding carboxylic acids is 1. The average molecular weight is 296 g/mol. The maximum atomic E-state index is 13.7. The number of ketones is 1. The molecule has 0 aliphatic carbocycles. The van der Waals surface area contributed by atoms with Crippen molar-refractivity contribution in [3.63, 3.8) is 0 Å². The van der Waals surface area contributed by atoms with Crippen LogP contribution in [0.2, 0.25) is 0 Å². The van der Waals surface area contributed by atoms with Crippen molar-refractivity contribution in [1.82, 2.24) is 0 Å². The van der Waals surface area contributed by atoms with Crippen molar-refractivity contribution < 1.29 is 27.4 Å². The highest BCUT2D eigenvalue weighted by Gasteiger charge is 2.21. The number of hydrogen-bond donors (Lipinski definition) is 0. The molecule has 0 N–H and O–H groups in total. The number of methoxy groups -OCH3 is 2. The second kappa shape index (κ2) is 5.87. The Morgan fingerprint density at radius 1 is 0.857 bits per heavy atom. The fourth-order valence-electron chi connectivity index (χ4n) is 1.83. The van der Waals surface area contributed by atoms with E-state index in [9.17, 15) is 18.0 Å². The van der Waals surface area contributed by atoms with E-state index in [0.717, 1.165) is 0 Å². The molecular weight excluding hydrogens is 285 g/mol. The lowest BCUT2D eigenvalue weighted by molar-refractivity contribution is 0.103. The van der Waals surface area contributed by atoms with Gasteiger partial charge in [-0.05, 0) is 18.2 Å². The lowest BCUT2D eigenvalue weighted by Gasteiger charge is -2.10. The first-order valence-corrected chi connectivity index (χ1v) is 5.89. The second-order valence-electron chi connectivity index (χ2n) is 4.14. The monoisotopic (exact) mass is 296 g/mol. The average Bonchev–Trinajstić information content (AvgIpc) is 2.49. The maximum Gasteiger partial charge on any atom is 0.199 e. The Morgan fingerprint density at radius 3 is 2.14 bits per heavy atom. The number of ether oxygens (including phenoxy) is 2. The van der Waals surface area contributed by atoms with Crippen molar-refractivity contribution >= 4 is 5.78 Å². The summed E-state index contributed by atoms with van der Waals surface area (Å²) in [6, 6.07) is 5.13. The highest BCUT2D eigenvalue weighted by molar-refractivity contribution is 6.11. The van der Waals surface area contributed by atoms with Gasteiger partial charge in [0.15, 0.2) is 17.4 Å². The third-order valence-electron chi connectivity index (χ3n) is 2.91. The molecule has 2 aromatic carbocycles. The van der Waals surface area contributed by atoms with E-state index < -0.39 is 28.8 Å². The first kappa shape index (κ1) is 14.9. The molecule has 6 heteroatoms. The molecule has 2 rings (SSSR count). The first-order valence-electron chi connectivity index (χ1n) is 5.89. The highest BCUT2D eigenvalue weighted by Crippen LogP contribution is 2.28. The van der Waals surface area contributed by atoms with Crippen LogP contribution in [0.1, 0.15) is 15.9 Å². The van der Waals surface area contributed by atoms with E-state index in [4.69, 9.17) is 9.47 Å². The van der Waals surface area contributed by atoms with Crippen LogP contribution >= 0.6 is 0 Å². The predicted octanol–water partition coefficient (Wildman–Crippen LogP) is 3.35. The molecule has 0 aromatic heterocycles. The van der Waals surface area contributed by atoms with Gasteiger partial charge in [0, 0.05) is 12.1 Å². The standard InChI is InChI=1S/C15H11F3O3/c1-20-8-3-4-9(14(5-8)21-2)15(19)10-6-12(17)13(18)7-11(10)16/h3-7H,1-2H3. The van der Waals surface area contributed by atoms with Gasteiger partial charge in [-0.15, -0.1) is 0 Å². The molecule has 0 unspecified atom stereocenters. The summed E-state index contributed by atoms with van der Waals surface area (Å²) in [7, 11) is 2.76. The molecule has 0 spiro atoms. The highest BCUT2D eigenvalue weighted by atomic mass is 19.2. The molecule has 2 aromatic rings. The summed E-state index contributed by atoms with van der Waals surface area (Å²) < 4.78 is 49.8. The second-order valence-corrected chi connectivity index (χ2v) is 4.14. The van der Waals surface area contributed by atoms with Crippen LogP contribution in [0.25, 0.3) is 0 Å². The van der Waals surface area contributed by atoms with Crippen LogP contribution in [0.3, 0.4) is 0 Å². The van der Waals surface area contributed by atoms with Gasteiger partial charge in [-0.2, -0.15) is 0 Å². The van der Waals surface area contributed by atoms with E-state index >= 15 is 0 Å². The van der Waals surface area contributed by atoms with Crippen molar-refractivity contribution in [2.75, 3.05) is 14.2 Å². The molecular formula is C15H11F3O3. The molecule has 0 atom stereocenters. The lowest BCUT2D eigenvalue weighted by atomic mass is 10.0. The molecule has 110 valence electrons. The fraction of sp³-hybridized carbons (Fsp3) is 0.133. The van der Waals surface area contributed by atoms with Crippen LogP contribution in [0.5, 0.6) is 11.5 Å². The number of benzene rings is 2. The van der Waals surface area contributed by atoms with Gasteiger partial charge in [-0.3, -0.25) is 4.79 Å². The Kier molecular flexibility index (Phi) is 4.16. The van der Waals surface area contributed by atoms with Crippen LogP contribution < -0.4 is 9.47 Å². The van der Waals surface area contributed by atoms with Crippen LogP contribution in [0.15, 0.2) is 30.3 Å². The van der Waals surface area contributed by atoms with Crippen molar-refractivity contribution in [3.8, 4) is 11.5 Å². The summed E-state index contributed by atoms with van der Waals surface area (Å²) in [5.74, 6) is -4.03. The molecule has 0 aliphatic heterocycles. The minimum absolute atomic E-state index is 0.0169. The minimum Gasteiger partial charge on any atom is -0.497 e. The largest absolute Gasteiger partial charge is 0.497 e. The number of hydrogen-bond acceptors (Lipinski definition) is 3. The van der Waals surface area contributed by atoms with Crippen LogP contribution in [-0.4, -0.2) is 20.0 Å². The zero-order valence-corrected chi connectivity index (χ0v) is 11.2. The van der Waals surface area contributed by atoms with Gasteiger partial charge in [0.25, 0.3) is 0 Å². The van der Waals surface area contributed by atoms with Crippen molar-refractivity contribution in [2.45, 2.75) is 0 Å². The summed E-state index contributed by atoms with van der Waals surface area (Å²) in [6.45, 7) is 0. The van der Waals surface area contributed by atoms with E-state index in [1.165, 1.54) is 32.4 Å². The molecule has 3 nitrogen and oxygen atoms in total. The molecule has 0 bridgehead atoms. The van der Waals surface area contributed by atoms with Gasteiger partial charge < -0.3 is 9.47 Å². The molecule has 21 heavy (non-hydrogen) atoms. The number of carbonyl (C=O) groups is 1. The molecule has 0 saturated heterocycles. The number of halogens is 3. The van der Waals surface area contributed by atoms with Gasteiger partial charge in [0.2, 0.25) is 0 Å². The number of rotatable bonds is 4. The molecule has 0 saturated carbocycles. The minimum atomic E-state index is -1.36. The molecule has 0 heterocycles. The van der Waals surface area contributed by atoms with Gasteiger partial charge in [0.05, 0.1) is 25.3 Å². The van der Waals surface area contributed by atoms with Gasteiger partial charge in [-0.25, -0.2) is 13.2 Å². The van der Waals surface area contributed by atoms with Gasteiger partial charge in [-0.1, -0.05) is 0 Å². The molecule has 0 fully saturated rings. The summed E-state index contributed by atoms with van der Waals surface area (Å²) in [4.78, 5) is 12.3.